The first-order valence-corrected chi connectivity index (χ1v) is 5.92. The third-order valence-electron chi connectivity index (χ3n) is 2.10. The molecule has 4 nitrogen and oxygen atoms in total. The molecule has 2 rings (SSSR count). The summed E-state index contributed by atoms with van der Waals surface area (Å²) < 4.78 is 5.23. The number of hydrogen-bond acceptors (Lipinski definition) is 5. The van der Waals surface area contributed by atoms with E-state index >= 15 is 0 Å². The largest absolute Gasteiger partial charge is 0.468 e. The van der Waals surface area contributed by atoms with E-state index < -0.39 is 0 Å². The van der Waals surface area contributed by atoms with Crippen molar-refractivity contribution in [2.45, 2.75) is 13.1 Å². The smallest absolute Gasteiger partial charge is 0.185 e. The zero-order valence-electron chi connectivity index (χ0n) is 9.84. The Balaban J connectivity index is 0.00000144. The number of halogens is 1. The number of hydrogen-bond donors (Lipinski definition) is 1. The zero-order valence-corrected chi connectivity index (χ0v) is 11.5. The number of thiazole rings is 1. The molecule has 17 heavy (non-hydrogen) atoms. The van der Waals surface area contributed by atoms with Crippen molar-refractivity contribution in [3.63, 3.8) is 0 Å². The summed E-state index contributed by atoms with van der Waals surface area (Å²) in [4.78, 5) is 7.56. The fourth-order valence-electron chi connectivity index (χ4n) is 1.31. The average molecular weight is 274 g/mol. The highest BCUT2D eigenvalue weighted by molar-refractivity contribution is 7.15. The van der Waals surface area contributed by atoms with Crippen LogP contribution in [0.2, 0.25) is 0 Å². The summed E-state index contributed by atoms with van der Waals surface area (Å²) in [7, 11) is 4.00. The molecule has 1 N–H and O–H groups in total. The summed E-state index contributed by atoms with van der Waals surface area (Å²) in [5, 5.41) is 4.35. The Labute approximate surface area is 111 Å². The summed E-state index contributed by atoms with van der Waals surface area (Å²) in [5.74, 6) is 0.956. The second kappa shape index (κ2) is 6.64. The van der Waals surface area contributed by atoms with Crippen LogP contribution < -0.4 is 10.2 Å². The highest BCUT2D eigenvalue weighted by Crippen LogP contribution is 2.19. The van der Waals surface area contributed by atoms with Crippen LogP contribution in [0.1, 0.15) is 10.6 Å². The van der Waals surface area contributed by atoms with Crippen LogP contribution in [-0.4, -0.2) is 19.1 Å². The van der Waals surface area contributed by atoms with Crippen molar-refractivity contribution in [3.05, 3.63) is 35.2 Å². The van der Waals surface area contributed by atoms with E-state index in [2.05, 4.69) is 10.3 Å². The lowest BCUT2D eigenvalue weighted by molar-refractivity contribution is 0.483. The molecule has 0 atom stereocenters. The van der Waals surface area contributed by atoms with E-state index in [1.54, 1.807) is 17.6 Å². The van der Waals surface area contributed by atoms with Gasteiger partial charge in [-0.2, -0.15) is 0 Å². The quantitative estimate of drug-likeness (QED) is 0.909. The molecule has 0 saturated carbocycles. The van der Waals surface area contributed by atoms with Crippen molar-refractivity contribution in [3.8, 4) is 0 Å². The van der Waals surface area contributed by atoms with Gasteiger partial charge in [-0.25, -0.2) is 4.98 Å². The zero-order chi connectivity index (χ0) is 11.4. The highest BCUT2D eigenvalue weighted by atomic mass is 35.5. The number of aromatic nitrogens is 1. The molecule has 0 aliphatic rings. The molecule has 0 amide bonds. The summed E-state index contributed by atoms with van der Waals surface area (Å²) in [5.41, 5.74) is 0. The summed E-state index contributed by atoms with van der Waals surface area (Å²) >= 11 is 1.70. The fourth-order valence-corrected chi connectivity index (χ4v) is 2.11. The lowest BCUT2D eigenvalue weighted by atomic mass is 10.4. The van der Waals surface area contributed by atoms with E-state index in [0.29, 0.717) is 0 Å². The predicted octanol–water partition coefficient (Wildman–Crippen LogP) is 2.51. The van der Waals surface area contributed by atoms with Crippen LogP contribution in [0.5, 0.6) is 0 Å². The molecule has 0 aromatic carbocycles. The number of furan rings is 1. The van der Waals surface area contributed by atoms with Gasteiger partial charge >= 0.3 is 0 Å². The summed E-state index contributed by atoms with van der Waals surface area (Å²) in [6.07, 6.45) is 3.60. The SMILES string of the molecule is CN(C)c1ncc(CNCc2ccco2)s1.Cl. The van der Waals surface area contributed by atoms with E-state index in [-0.39, 0.29) is 12.4 Å². The first-order valence-electron chi connectivity index (χ1n) is 5.11. The molecular formula is C11H16ClN3OS. The molecular weight excluding hydrogens is 258 g/mol. The van der Waals surface area contributed by atoms with E-state index in [0.717, 1.165) is 24.0 Å². The van der Waals surface area contributed by atoms with Crippen molar-refractivity contribution in [2.24, 2.45) is 0 Å². The van der Waals surface area contributed by atoms with Crippen molar-refractivity contribution in [1.29, 1.82) is 0 Å². The van der Waals surface area contributed by atoms with Gasteiger partial charge in [0.1, 0.15) is 5.76 Å². The number of rotatable bonds is 5. The maximum atomic E-state index is 5.23. The van der Waals surface area contributed by atoms with Crippen LogP contribution in [-0.2, 0) is 13.1 Å². The van der Waals surface area contributed by atoms with Gasteiger partial charge in [0.05, 0.1) is 12.8 Å². The Morgan fingerprint density at radius 3 is 2.82 bits per heavy atom. The molecule has 0 radical (unpaired) electrons. The molecule has 94 valence electrons. The van der Waals surface area contributed by atoms with Gasteiger partial charge in [0.25, 0.3) is 0 Å². The van der Waals surface area contributed by atoms with Gasteiger partial charge in [-0.15, -0.1) is 23.7 Å². The molecule has 2 heterocycles. The first-order chi connectivity index (χ1) is 7.75. The van der Waals surface area contributed by atoms with Gasteiger partial charge in [0.15, 0.2) is 5.13 Å². The monoisotopic (exact) mass is 273 g/mol. The van der Waals surface area contributed by atoms with E-state index in [9.17, 15) is 0 Å². The van der Waals surface area contributed by atoms with Gasteiger partial charge in [-0.05, 0) is 12.1 Å². The Kier molecular flexibility index (Phi) is 5.47. The fraction of sp³-hybridized carbons (Fsp3) is 0.364. The summed E-state index contributed by atoms with van der Waals surface area (Å²) in [6, 6.07) is 3.86. The van der Waals surface area contributed by atoms with Gasteiger partial charge in [0.2, 0.25) is 0 Å². The molecule has 0 spiro atoms. The lowest BCUT2D eigenvalue weighted by Crippen LogP contribution is -2.11. The van der Waals surface area contributed by atoms with Crippen LogP contribution in [0.3, 0.4) is 0 Å². The lowest BCUT2D eigenvalue weighted by Gasteiger charge is -2.05. The minimum atomic E-state index is 0. The number of nitrogens with one attached hydrogen (secondary N) is 1. The Morgan fingerprint density at radius 2 is 2.24 bits per heavy atom. The number of anilines is 1. The molecule has 0 bridgehead atoms. The second-order valence-corrected chi connectivity index (χ2v) is 4.78. The van der Waals surface area contributed by atoms with Crippen LogP contribution in [0.25, 0.3) is 0 Å². The van der Waals surface area contributed by atoms with E-state index in [4.69, 9.17) is 4.42 Å². The van der Waals surface area contributed by atoms with Gasteiger partial charge in [0, 0.05) is 31.7 Å². The van der Waals surface area contributed by atoms with Crippen LogP contribution in [0.4, 0.5) is 5.13 Å². The minimum Gasteiger partial charge on any atom is -0.468 e. The van der Waals surface area contributed by atoms with Crippen molar-refractivity contribution >= 4 is 28.9 Å². The minimum absolute atomic E-state index is 0. The summed E-state index contributed by atoms with van der Waals surface area (Å²) in [6.45, 7) is 1.58. The maximum absolute atomic E-state index is 5.23. The predicted molar refractivity (Wildman–Crippen MR) is 72.9 cm³/mol. The molecule has 2 aromatic heterocycles. The first kappa shape index (κ1) is 14.0. The molecule has 0 aliphatic carbocycles. The van der Waals surface area contributed by atoms with Crippen LogP contribution in [0.15, 0.2) is 29.0 Å². The topological polar surface area (TPSA) is 41.3 Å². The van der Waals surface area contributed by atoms with Gasteiger partial charge in [-0.3, -0.25) is 0 Å². The Morgan fingerprint density at radius 1 is 1.41 bits per heavy atom. The molecule has 0 unspecified atom stereocenters. The third kappa shape index (κ3) is 4.03. The van der Waals surface area contributed by atoms with Crippen molar-refractivity contribution in [1.82, 2.24) is 10.3 Å². The van der Waals surface area contributed by atoms with Crippen molar-refractivity contribution < 1.29 is 4.42 Å². The number of nitrogens with zero attached hydrogens (tertiary/aromatic N) is 2. The van der Waals surface area contributed by atoms with Crippen LogP contribution >= 0.6 is 23.7 Å². The van der Waals surface area contributed by atoms with Gasteiger partial charge < -0.3 is 14.6 Å². The van der Waals surface area contributed by atoms with Crippen molar-refractivity contribution in [2.75, 3.05) is 19.0 Å². The standard InChI is InChI=1S/C11H15N3OS.ClH/c1-14(2)11-13-8-10(16-11)7-12-6-9-4-3-5-15-9;/h3-5,8,12H,6-7H2,1-2H3;1H. The second-order valence-electron chi connectivity index (χ2n) is 3.69. The Bertz CT molecular complexity index is 428. The molecule has 0 aliphatic heterocycles. The third-order valence-corrected chi connectivity index (χ3v) is 3.27. The molecule has 0 fully saturated rings. The van der Waals surface area contributed by atoms with Crippen LogP contribution in [0, 0.1) is 0 Å². The molecule has 0 saturated heterocycles. The normalized spacial score (nSPS) is 10.0. The Hall–Kier alpha value is -1.04. The molecule has 6 heteroatoms. The highest BCUT2D eigenvalue weighted by Gasteiger charge is 2.03. The maximum Gasteiger partial charge on any atom is 0.185 e. The van der Waals surface area contributed by atoms with E-state index in [1.165, 1.54) is 4.88 Å². The van der Waals surface area contributed by atoms with E-state index in [1.807, 2.05) is 37.3 Å². The van der Waals surface area contributed by atoms with Gasteiger partial charge in [-0.1, -0.05) is 0 Å². The average Bonchev–Trinajstić information content (AvgIpc) is 2.87. The molecule has 2 aromatic rings.